The molecular weight excluding hydrogens is 302 g/mol. The molecule has 6 heteroatoms. The Bertz CT molecular complexity index is 737. The summed E-state index contributed by atoms with van der Waals surface area (Å²) in [6.07, 6.45) is 8.10. The molecule has 1 aliphatic carbocycles. The van der Waals surface area contributed by atoms with Crippen LogP contribution in [0.3, 0.4) is 0 Å². The Morgan fingerprint density at radius 1 is 1.42 bits per heavy atom. The predicted octanol–water partition coefficient (Wildman–Crippen LogP) is 2.44. The van der Waals surface area contributed by atoms with Crippen molar-refractivity contribution in [1.82, 2.24) is 25.1 Å². The third-order valence-corrected chi connectivity index (χ3v) is 4.63. The van der Waals surface area contributed by atoms with Gasteiger partial charge in [-0.05, 0) is 52.0 Å². The quantitative estimate of drug-likeness (QED) is 0.915. The Balaban J connectivity index is 1.60. The van der Waals surface area contributed by atoms with Gasteiger partial charge in [0.25, 0.3) is 0 Å². The van der Waals surface area contributed by atoms with Crippen molar-refractivity contribution in [2.45, 2.75) is 65.5 Å². The van der Waals surface area contributed by atoms with E-state index in [1.807, 2.05) is 30.9 Å². The molecule has 0 saturated carbocycles. The minimum Gasteiger partial charge on any atom is -0.349 e. The van der Waals surface area contributed by atoms with Gasteiger partial charge in [-0.25, -0.2) is 9.97 Å². The minimum absolute atomic E-state index is 0.0429. The van der Waals surface area contributed by atoms with Gasteiger partial charge < -0.3 is 5.32 Å². The molecule has 6 nitrogen and oxygen atoms in total. The smallest absolute Gasteiger partial charge is 0.220 e. The van der Waals surface area contributed by atoms with Crippen LogP contribution in [0, 0.1) is 13.8 Å². The van der Waals surface area contributed by atoms with Crippen molar-refractivity contribution in [1.29, 1.82) is 0 Å². The molecule has 0 bridgehead atoms. The normalized spacial score (nSPS) is 16.7. The molecule has 2 aromatic heterocycles. The second-order valence-corrected chi connectivity index (χ2v) is 6.43. The average Bonchev–Trinajstić information content (AvgIpc) is 2.93. The summed E-state index contributed by atoms with van der Waals surface area (Å²) < 4.78 is 1.92. The zero-order valence-corrected chi connectivity index (χ0v) is 14.7. The average molecular weight is 327 g/mol. The zero-order chi connectivity index (χ0) is 17.1. The highest BCUT2D eigenvalue weighted by Crippen LogP contribution is 2.28. The molecule has 2 heterocycles. The molecule has 24 heavy (non-hydrogen) atoms. The molecule has 1 unspecified atom stereocenters. The molecule has 0 saturated heterocycles. The Morgan fingerprint density at radius 2 is 2.25 bits per heavy atom. The van der Waals surface area contributed by atoms with Gasteiger partial charge in [0.15, 0.2) is 0 Å². The molecule has 0 aliphatic heterocycles. The first-order valence-corrected chi connectivity index (χ1v) is 8.71. The van der Waals surface area contributed by atoms with Crippen molar-refractivity contribution in [2.24, 2.45) is 0 Å². The van der Waals surface area contributed by atoms with Crippen LogP contribution in [0.2, 0.25) is 0 Å². The monoisotopic (exact) mass is 327 g/mol. The molecule has 1 N–H and O–H groups in total. The summed E-state index contributed by atoms with van der Waals surface area (Å²) in [6, 6.07) is 0.0429. The second-order valence-electron chi connectivity index (χ2n) is 6.43. The van der Waals surface area contributed by atoms with Crippen molar-refractivity contribution in [2.75, 3.05) is 0 Å². The summed E-state index contributed by atoms with van der Waals surface area (Å²) in [6.45, 7) is 6.82. The van der Waals surface area contributed by atoms with Gasteiger partial charge in [0.2, 0.25) is 5.91 Å². The van der Waals surface area contributed by atoms with Crippen LogP contribution in [0.15, 0.2) is 12.4 Å². The SMILES string of the molecule is CCn1cc(CCC(=O)NC2CCCc3nc(C)ncc32)c(C)n1. The van der Waals surface area contributed by atoms with E-state index >= 15 is 0 Å². The summed E-state index contributed by atoms with van der Waals surface area (Å²) in [4.78, 5) is 21.2. The third kappa shape index (κ3) is 3.63. The van der Waals surface area contributed by atoms with Gasteiger partial charge in [-0.3, -0.25) is 9.48 Å². The maximum atomic E-state index is 12.4. The molecule has 3 rings (SSSR count). The van der Waals surface area contributed by atoms with Crippen LogP contribution in [0.4, 0.5) is 0 Å². The number of aryl methyl sites for hydroxylation is 5. The topological polar surface area (TPSA) is 72.7 Å². The summed E-state index contributed by atoms with van der Waals surface area (Å²) in [5.74, 6) is 0.876. The Morgan fingerprint density at radius 3 is 3.00 bits per heavy atom. The first-order chi connectivity index (χ1) is 11.6. The van der Waals surface area contributed by atoms with Crippen LogP contribution in [0.1, 0.15) is 60.6 Å². The molecule has 0 spiro atoms. The van der Waals surface area contributed by atoms with Crippen LogP contribution >= 0.6 is 0 Å². The number of rotatable bonds is 5. The van der Waals surface area contributed by atoms with Gasteiger partial charge in [-0.15, -0.1) is 0 Å². The summed E-state index contributed by atoms with van der Waals surface area (Å²) in [5.41, 5.74) is 4.32. The van der Waals surface area contributed by atoms with Crippen LogP contribution in [-0.4, -0.2) is 25.7 Å². The number of aromatic nitrogens is 4. The number of carbonyl (C=O) groups excluding carboxylic acids is 1. The minimum atomic E-state index is 0.0429. The van der Waals surface area contributed by atoms with Crippen LogP contribution in [-0.2, 0) is 24.2 Å². The predicted molar refractivity (Wildman–Crippen MR) is 91.5 cm³/mol. The van der Waals surface area contributed by atoms with Crippen LogP contribution in [0.25, 0.3) is 0 Å². The fraction of sp³-hybridized carbons (Fsp3) is 0.556. The van der Waals surface area contributed by atoms with E-state index in [0.29, 0.717) is 6.42 Å². The Hall–Kier alpha value is -2.24. The van der Waals surface area contributed by atoms with E-state index < -0.39 is 0 Å². The largest absolute Gasteiger partial charge is 0.349 e. The molecule has 1 atom stereocenters. The van der Waals surface area contributed by atoms with Gasteiger partial charge in [0.05, 0.1) is 11.7 Å². The van der Waals surface area contributed by atoms with E-state index in [9.17, 15) is 4.79 Å². The standard InChI is InChI=1S/C18H25N5O/c1-4-23-11-14(12(2)22-23)8-9-18(24)21-17-7-5-6-16-15(17)10-19-13(3)20-16/h10-11,17H,4-9H2,1-3H3,(H,21,24). The van der Waals surface area contributed by atoms with E-state index in [0.717, 1.165) is 60.6 Å². The number of nitrogens with one attached hydrogen (secondary N) is 1. The van der Waals surface area contributed by atoms with E-state index in [4.69, 9.17) is 0 Å². The van der Waals surface area contributed by atoms with E-state index in [1.54, 1.807) is 0 Å². The lowest BCUT2D eigenvalue weighted by Crippen LogP contribution is -2.31. The number of amides is 1. The van der Waals surface area contributed by atoms with E-state index in [-0.39, 0.29) is 11.9 Å². The maximum absolute atomic E-state index is 12.4. The van der Waals surface area contributed by atoms with Gasteiger partial charge in [-0.1, -0.05) is 0 Å². The summed E-state index contributed by atoms with van der Waals surface area (Å²) in [5, 5.41) is 7.59. The number of nitrogens with zero attached hydrogens (tertiary/aromatic N) is 4. The first-order valence-electron chi connectivity index (χ1n) is 8.71. The van der Waals surface area contributed by atoms with Gasteiger partial charge in [-0.2, -0.15) is 5.10 Å². The maximum Gasteiger partial charge on any atom is 0.220 e. The second kappa shape index (κ2) is 7.11. The van der Waals surface area contributed by atoms with Crippen molar-refractivity contribution in [3.05, 3.63) is 40.7 Å². The highest BCUT2D eigenvalue weighted by molar-refractivity contribution is 5.76. The lowest BCUT2D eigenvalue weighted by Gasteiger charge is -2.25. The van der Waals surface area contributed by atoms with Crippen molar-refractivity contribution < 1.29 is 4.79 Å². The number of carbonyl (C=O) groups is 1. The fourth-order valence-corrected chi connectivity index (χ4v) is 3.28. The molecule has 1 amide bonds. The van der Waals surface area contributed by atoms with Crippen LogP contribution in [0.5, 0.6) is 0 Å². The molecule has 1 aliphatic rings. The Kier molecular flexibility index (Phi) is 4.92. The zero-order valence-electron chi connectivity index (χ0n) is 14.7. The molecule has 0 radical (unpaired) electrons. The van der Waals surface area contributed by atoms with Gasteiger partial charge in [0, 0.05) is 36.6 Å². The van der Waals surface area contributed by atoms with E-state index in [2.05, 4.69) is 27.3 Å². The molecule has 128 valence electrons. The van der Waals surface area contributed by atoms with Gasteiger partial charge >= 0.3 is 0 Å². The summed E-state index contributed by atoms with van der Waals surface area (Å²) in [7, 11) is 0. The number of hydrogen-bond donors (Lipinski definition) is 1. The number of hydrogen-bond acceptors (Lipinski definition) is 4. The highest BCUT2D eigenvalue weighted by Gasteiger charge is 2.23. The van der Waals surface area contributed by atoms with Crippen LogP contribution < -0.4 is 5.32 Å². The highest BCUT2D eigenvalue weighted by atomic mass is 16.1. The first kappa shape index (κ1) is 16.6. The Labute approximate surface area is 142 Å². The van der Waals surface area contributed by atoms with Gasteiger partial charge in [0.1, 0.15) is 5.82 Å². The fourth-order valence-electron chi connectivity index (χ4n) is 3.28. The van der Waals surface area contributed by atoms with Crippen molar-refractivity contribution >= 4 is 5.91 Å². The molecular formula is C18H25N5O. The molecule has 2 aromatic rings. The van der Waals surface area contributed by atoms with E-state index in [1.165, 1.54) is 0 Å². The molecule has 0 fully saturated rings. The third-order valence-electron chi connectivity index (χ3n) is 4.63. The van der Waals surface area contributed by atoms with Crippen molar-refractivity contribution in [3.63, 3.8) is 0 Å². The summed E-state index contributed by atoms with van der Waals surface area (Å²) >= 11 is 0. The van der Waals surface area contributed by atoms with Crippen molar-refractivity contribution in [3.8, 4) is 0 Å². The number of fused-ring (bicyclic) bond motifs is 1. The lowest BCUT2D eigenvalue weighted by atomic mass is 9.92. The lowest BCUT2D eigenvalue weighted by molar-refractivity contribution is -0.121. The molecule has 0 aromatic carbocycles.